The highest BCUT2D eigenvalue weighted by atomic mass is 35.5. The lowest BCUT2D eigenvalue weighted by atomic mass is 10.2. The summed E-state index contributed by atoms with van der Waals surface area (Å²) < 4.78 is 0. The van der Waals surface area contributed by atoms with Crippen LogP contribution in [0.5, 0.6) is 0 Å². The molecule has 0 aliphatic rings. The van der Waals surface area contributed by atoms with Gasteiger partial charge in [-0.3, -0.25) is 4.79 Å². The predicted octanol–water partition coefficient (Wildman–Crippen LogP) is 3.46. The van der Waals surface area contributed by atoms with Crippen molar-refractivity contribution in [2.45, 2.75) is 0 Å². The van der Waals surface area contributed by atoms with Gasteiger partial charge in [-0.05, 0) is 42.5 Å². The molecule has 2 aromatic rings. The monoisotopic (exact) mass is 256 g/mol. The number of benzene rings is 2. The Kier molecular flexibility index (Phi) is 3.61. The minimum atomic E-state index is -0.234. The molecular weight excluding hydrogens is 248 g/mol. The van der Waals surface area contributed by atoms with Gasteiger partial charge in [0.25, 0.3) is 5.91 Å². The summed E-state index contributed by atoms with van der Waals surface area (Å²) in [5.41, 5.74) is 1.61. The van der Waals surface area contributed by atoms with Gasteiger partial charge in [0.2, 0.25) is 0 Å². The quantitative estimate of drug-likeness (QED) is 0.895. The van der Waals surface area contributed by atoms with Crippen LogP contribution in [0, 0.1) is 11.3 Å². The molecular formula is C14H9ClN2O. The highest BCUT2D eigenvalue weighted by Gasteiger charge is 2.05. The first-order valence-electron chi connectivity index (χ1n) is 5.26. The van der Waals surface area contributed by atoms with Crippen molar-refractivity contribution < 1.29 is 4.79 Å². The number of hydrogen-bond donors (Lipinski definition) is 1. The van der Waals surface area contributed by atoms with E-state index in [4.69, 9.17) is 16.9 Å². The Labute approximate surface area is 110 Å². The Hall–Kier alpha value is -2.31. The Bertz CT molecular complexity index is 614. The summed E-state index contributed by atoms with van der Waals surface area (Å²) in [5, 5.41) is 12.1. The number of nitriles is 1. The molecule has 0 fully saturated rings. The summed E-state index contributed by atoms with van der Waals surface area (Å²) in [5.74, 6) is -0.234. The van der Waals surface area contributed by atoms with E-state index in [0.29, 0.717) is 21.8 Å². The molecule has 0 radical (unpaired) electrons. The highest BCUT2D eigenvalue weighted by molar-refractivity contribution is 6.30. The zero-order valence-electron chi connectivity index (χ0n) is 9.35. The maximum atomic E-state index is 11.9. The van der Waals surface area contributed by atoms with Crippen molar-refractivity contribution >= 4 is 23.2 Å². The first-order chi connectivity index (χ1) is 8.69. The van der Waals surface area contributed by atoms with Crippen molar-refractivity contribution in [2.75, 3.05) is 5.32 Å². The molecule has 1 amide bonds. The van der Waals surface area contributed by atoms with Crippen LogP contribution in [-0.2, 0) is 0 Å². The van der Waals surface area contributed by atoms with E-state index >= 15 is 0 Å². The fourth-order valence-electron chi connectivity index (χ4n) is 1.47. The Morgan fingerprint density at radius 3 is 2.56 bits per heavy atom. The van der Waals surface area contributed by atoms with Gasteiger partial charge in [-0.1, -0.05) is 17.7 Å². The minimum absolute atomic E-state index is 0.234. The van der Waals surface area contributed by atoms with Crippen molar-refractivity contribution in [3.63, 3.8) is 0 Å². The summed E-state index contributed by atoms with van der Waals surface area (Å²) in [7, 11) is 0. The Balaban J connectivity index is 2.16. The second-order valence-electron chi connectivity index (χ2n) is 3.65. The number of amides is 1. The molecule has 88 valence electrons. The van der Waals surface area contributed by atoms with E-state index in [1.165, 1.54) is 0 Å². The molecule has 0 spiro atoms. The molecule has 0 aliphatic heterocycles. The maximum absolute atomic E-state index is 11.9. The largest absolute Gasteiger partial charge is 0.322 e. The van der Waals surface area contributed by atoms with E-state index in [2.05, 4.69) is 5.32 Å². The van der Waals surface area contributed by atoms with E-state index in [1.807, 2.05) is 6.07 Å². The van der Waals surface area contributed by atoms with Gasteiger partial charge in [0, 0.05) is 16.3 Å². The van der Waals surface area contributed by atoms with Crippen LogP contribution in [0.1, 0.15) is 15.9 Å². The smallest absolute Gasteiger partial charge is 0.255 e. The Morgan fingerprint density at radius 1 is 1.17 bits per heavy atom. The topological polar surface area (TPSA) is 52.9 Å². The molecule has 0 saturated carbocycles. The number of nitrogens with one attached hydrogen (secondary N) is 1. The molecule has 3 nitrogen and oxygen atoms in total. The maximum Gasteiger partial charge on any atom is 0.255 e. The number of rotatable bonds is 2. The fourth-order valence-corrected chi connectivity index (χ4v) is 1.60. The Morgan fingerprint density at radius 2 is 1.89 bits per heavy atom. The van der Waals surface area contributed by atoms with Gasteiger partial charge in [-0.15, -0.1) is 0 Å². The summed E-state index contributed by atoms with van der Waals surface area (Å²) >= 11 is 5.75. The van der Waals surface area contributed by atoms with Crippen molar-refractivity contribution in [3.8, 4) is 6.07 Å². The van der Waals surface area contributed by atoms with Crippen LogP contribution in [0.4, 0.5) is 5.69 Å². The summed E-state index contributed by atoms with van der Waals surface area (Å²) in [4.78, 5) is 11.9. The summed E-state index contributed by atoms with van der Waals surface area (Å²) in [6, 6.07) is 15.4. The number of carbonyl (C=O) groups is 1. The molecule has 0 heterocycles. The van der Waals surface area contributed by atoms with Gasteiger partial charge in [0.05, 0.1) is 11.6 Å². The van der Waals surface area contributed by atoms with Gasteiger partial charge < -0.3 is 5.32 Å². The summed E-state index contributed by atoms with van der Waals surface area (Å²) in [6.45, 7) is 0. The van der Waals surface area contributed by atoms with Crippen molar-refractivity contribution in [1.82, 2.24) is 0 Å². The van der Waals surface area contributed by atoms with Gasteiger partial charge >= 0.3 is 0 Å². The zero-order chi connectivity index (χ0) is 13.0. The number of halogens is 1. The van der Waals surface area contributed by atoms with E-state index in [1.54, 1.807) is 48.5 Å². The molecule has 4 heteroatoms. The standard InChI is InChI=1S/C14H9ClN2O/c15-12-6-4-11(5-7-12)14(18)17-13-3-1-2-10(8-13)9-16/h1-8H,(H,17,18). The van der Waals surface area contributed by atoms with Crippen LogP contribution in [0.3, 0.4) is 0 Å². The number of nitrogens with zero attached hydrogens (tertiary/aromatic N) is 1. The minimum Gasteiger partial charge on any atom is -0.322 e. The molecule has 0 aliphatic carbocycles. The SMILES string of the molecule is N#Cc1cccc(NC(=O)c2ccc(Cl)cc2)c1. The lowest BCUT2D eigenvalue weighted by Gasteiger charge is -2.05. The van der Waals surface area contributed by atoms with Crippen LogP contribution >= 0.6 is 11.6 Å². The normalized spacial score (nSPS) is 9.56. The lowest BCUT2D eigenvalue weighted by molar-refractivity contribution is 0.102. The predicted molar refractivity (Wildman–Crippen MR) is 70.6 cm³/mol. The van der Waals surface area contributed by atoms with E-state index in [-0.39, 0.29) is 5.91 Å². The first kappa shape index (κ1) is 12.2. The molecule has 0 bridgehead atoms. The van der Waals surface area contributed by atoms with Crippen molar-refractivity contribution in [3.05, 3.63) is 64.7 Å². The molecule has 0 saturated heterocycles. The second-order valence-corrected chi connectivity index (χ2v) is 4.09. The first-order valence-corrected chi connectivity index (χ1v) is 5.64. The molecule has 0 unspecified atom stereocenters. The lowest BCUT2D eigenvalue weighted by Crippen LogP contribution is -2.11. The average Bonchev–Trinajstić information content (AvgIpc) is 2.39. The third kappa shape index (κ3) is 2.88. The molecule has 18 heavy (non-hydrogen) atoms. The molecule has 2 aromatic carbocycles. The number of anilines is 1. The molecule has 0 aromatic heterocycles. The van der Waals surface area contributed by atoms with Gasteiger partial charge in [0.1, 0.15) is 0 Å². The summed E-state index contributed by atoms with van der Waals surface area (Å²) in [6.07, 6.45) is 0. The number of carbonyl (C=O) groups excluding carboxylic acids is 1. The average molecular weight is 257 g/mol. The van der Waals surface area contributed by atoms with Crippen LogP contribution in [0.2, 0.25) is 5.02 Å². The van der Waals surface area contributed by atoms with E-state index in [0.717, 1.165) is 0 Å². The fraction of sp³-hybridized carbons (Fsp3) is 0. The van der Waals surface area contributed by atoms with Crippen molar-refractivity contribution in [1.29, 1.82) is 5.26 Å². The second kappa shape index (κ2) is 5.35. The third-order valence-corrected chi connectivity index (χ3v) is 2.61. The van der Waals surface area contributed by atoms with Crippen LogP contribution in [-0.4, -0.2) is 5.91 Å². The van der Waals surface area contributed by atoms with Crippen LogP contribution < -0.4 is 5.32 Å². The number of hydrogen-bond acceptors (Lipinski definition) is 2. The van der Waals surface area contributed by atoms with Crippen LogP contribution in [0.15, 0.2) is 48.5 Å². The third-order valence-electron chi connectivity index (χ3n) is 2.36. The van der Waals surface area contributed by atoms with Gasteiger partial charge in [0.15, 0.2) is 0 Å². The van der Waals surface area contributed by atoms with Gasteiger partial charge in [-0.25, -0.2) is 0 Å². The molecule has 0 atom stereocenters. The molecule has 1 N–H and O–H groups in total. The van der Waals surface area contributed by atoms with Gasteiger partial charge in [-0.2, -0.15) is 5.26 Å². The van der Waals surface area contributed by atoms with E-state index < -0.39 is 0 Å². The zero-order valence-corrected chi connectivity index (χ0v) is 10.1. The highest BCUT2D eigenvalue weighted by Crippen LogP contribution is 2.13. The van der Waals surface area contributed by atoms with Crippen LogP contribution in [0.25, 0.3) is 0 Å². The molecule has 2 rings (SSSR count). The van der Waals surface area contributed by atoms with Crippen molar-refractivity contribution in [2.24, 2.45) is 0 Å². The van der Waals surface area contributed by atoms with E-state index in [9.17, 15) is 4.79 Å².